The minimum atomic E-state index is 0.631. The van der Waals surface area contributed by atoms with Gasteiger partial charge in [0, 0.05) is 18.2 Å². The highest BCUT2D eigenvalue weighted by Gasteiger charge is 2.00. The summed E-state index contributed by atoms with van der Waals surface area (Å²) >= 11 is 0. The van der Waals surface area contributed by atoms with E-state index in [9.17, 15) is 0 Å². The number of nitrogen functional groups attached to an aromatic ring is 1. The van der Waals surface area contributed by atoms with Crippen LogP contribution in [0, 0.1) is 0 Å². The van der Waals surface area contributed by atoms with Crippen LogP contribution in [-0.4, -0.2) is 23.5 Å². The van der Waals surface area contributed by atoms with Gasteiger partial charge in [-0.25, -0.2) is 0 Å². The molecule has 0 saturated carbocycles. The van der Waals surface area contributed by atoms with Crippen molar-refractivity contribution in [1.82, 2.24) is 9.78 Å². The second-order valence-corrected chi connectivity index (χ2v) is 3.57. The Bertz CT molecular complexity index is 502. The highest BCUT2D eigenvalue weighted by molar-refractivity contribution is 5.81. The largest absolute Gasteiger partial charge is 0.399 e. The Morgan fingerprint density at radius 3 is 3.12 bits per heavy atom. The summed E-state index contributed by atoms with van der Waals surface area (Å²) in [4.78, 5) is 0. The first kappa shape index (κ1) is 10.7. The van der Waals surface area contributed by atoms with Crippen molar-refractivity contribution in [2.45, 2.75) is 6.54 Å². The summed E-state index contributed by atoms with van der Waals surface area (Å²) in [7, 11) is 1.68. The number of nitrogens with two attached hydrogens (primary N) is 1. The lowest BCUT2D eigenvalue weighted by Crippen LogP contribution is -1.97. The van der Waals surface area contributed by atoms with Crippen LogP contribution >= 0.6 is 0 Å². The van der Waals surface area contributed by atoms with Gasteiger partial charge in [0.15, 0.2) is 0 Å². The zero-order valence-electron chi connectivity index (χ0n) is 9.26. The number of ether oxygens (including phenoxy) is 1. The van der Waals surface area contributed by atoms with Gasteiger partial charge >= 0.3 is 0 Å². The maximum Gasteiger partial charge on any atom is 0.0687 e. The quantitative estimate of drug-likeness (QED) is 0.627. The van der Waals surface area contributed by atoms with Crippen LogP contribution in [0.1, 0.15) is 0 Å². The van der Waals surface area contributed by atoms with Crippen LogP contribution in [0.2, 0.25) is 0 Å². The Kier molecular flexibility index (Phi) is 3.22. The van der Waals surface area contributed by atoms with Crippen LogP contribution in [0.4, 0.5) is 5.69 Å². The number of allylic oxidation sites excluding steroid dienone is 1. The fraction of sp³-hybridized carbons (Fsp3) is 0.250. The van der Waals surface area contributed by atoms with E-state index in [1.54, 1.807) is 7.11 Å². The lowest BCUT2D eigenvalue weighted by atomic mass is 10.2. The van der Waals surface area contributed by atoms with Crippen molar-refractivity contribution in [3.05, 3.63) is 36.5 Å². The molecule has 0 aliphatic carbocycles. The van der Waals surface area contributed by atoms with Crippen molar-refractivity contribution < 1.29 is 4.74 Å². The maximum atomic E-state index is 5.71. The van der Waals surface area contributed by atoms with Crippen molar-refractivity contribution in [2.75, 3.05) is 19.5 Å². The highest BCUT2D eigenvalue weighted by atomic mass is 16.5. The molecule has 2 aromatic rings. The molecular formula is C12H15N3O. The number of fused-ring (bicyclic) bond motifs is 1. The summed E-state index contributed by atoms with van der Waals surface area (Å²) in [5.41, 5.74) is 7.56. The number of hydrogen-bond acceptors (Lipinski definition) is 3. The van der Waals surface area contributed by atoms with E-state index in [1.807, 2.05) is 41.2 Å². The van der Waals surface area contributed by atoms with Crippen molar-refractivity contribution in [1.29, 1.82) is 0 Å². The van der Waals surface area contributed by atoms with Crippen molar-refractivity contribution >= 4 is 16.6 Å². The minimum Gasteiger partial charge on any atom is -0.399 e. The van der Waals surface area contributed by atoms with Crippen LogP contribution in [0.3, 0.4) is 0 Å². The minimum absolute atomic E-state index is 0.631. The van der Waals surface area contributed by atoms with Crippen molar-refractivity contribution in [2.24, 2.45) is 0 Å². The normalized spacial score (nSPS) is 11.6. The van der Waals surface area contributed by atoms with E-state index < -0.39 is 0 Å². The van der Waals surface area contributed by atoms with Gasteiger partial charge in [0.05, 0.1) is 24.9 Å². The van der Waals surface area contributed by atoms with E-state index in [1.165, 1.54) is 0 Å². The highest BCUT2D eigenvalue weighted by Crippen LogP contribution is 2.16. The summed E-state index contributed by atoms with van der Waals surface area (Å²) in [6.45, 7) is 1.38. The third-order valence-corrected chi connectivity index (χ3v) is 2.37. The Balaban J connectivity index is 2.19. The van der Waals surface area contributed by atoms with Gasteiger partial charge in [0.25, 0.3) is 0 Å². The molecule has 2 N–H and O–H groups in total. The van der Waals surface area contributed by atoms with E-state index in [2.05, 4.69) is 5.10 Å². The first-order valence-corrected chi connectivity index (χ1v) is 5.16. The lowest BCUT2D eigenvalue weighted by Gasteiger charge is -1.99. The van der Waals surface area contributed by atoms with Gasteiger partial charge in [-0.2, -0.15) is 5.10 Å². The number of anilines is 1. The summed E-state index contributed by atoms with van der Waals surface area (Å²) in [6.07, 6.45) is 5.84. The van der Waals surface area contributed by atoms with Gasteiger partial charge in [-0.05, 0) is 18.2 Å². The van der Waals surface area contributed by atoms with E-state index in [0.29, 0.717) is 6.61 Å². The van der Waals surface area contributed by atoms with E-state index in [-0.39, 0.29) is 0 Å². The summed E-state index contributed by atoms with van der Waals surface area (Å²) in [5, 5.41) is 5.37. The van der Waals surface area contributed by atoms with Crippen molar-refractivity contribution in [3.8, 4) is 0 Å². The van der Waals surface area contributed by atoms with Crippen LogP contribution < -0.4 is 5.73 Å². The maximum absolute atomic E-state index is 5.71. The summed E-state index contributed by atoms with van der Waals surface area (Å²) in [6, 6.07) is 5.80. The first-order chi connectivity index (χ1) is 7.81. The molecule has 0 aliphatic rings. The molecule has 0 atom stereocenters. The van der Waals surface area contributed by atoms with Gasteiger partial charge in [0.2, 0.25) is 0 Å². The van der Waals surface area contributed by atoms with Gasteiger partial charge in [-0.3, -0.25) is 4.68 Å². The van der Waals surface area contributed by atoms with E-state index >= 15 is 0 Å². The molecule has 2 rings (SSSR count). The standard InChI is InChI=1S/C12H15N3O/c1-16-7-3-2-6-15-12-5-4-11(13)8-10(12)9-14-15/h2-5,8-9H,6-7,13H2,1H3/b3-2+. The third kappa shape index (κ3) is 2.23. The molecule has 1 aromatic carbocycles. The average molecular weight is 217 g/mol. The van der Waals surface area contributed by atoms with E-state index in [0.717, 1.165) is 23.1 Å². The molecule has 1 heterocycles. The molecule has 16 heavy (non-hydrogen) atoms. The first-order valence-electron chi connectivity index (χ1n) is 5.16. The Hall–Kier alpha value is -1.81. The fourth-order valence-electron chi connectivity index (χ4n) is 1.59. The predicted octanol–water partition coefficient (Wildman–Crippen LogP) is 1.82. The molecule has 1 aromatic heterocycles. The second kappa shape index (κ2) is 4.81. The molecule has 4 nitrogen and oxygen atoms in total. The van der Waals surface area contributed by atoms with Crippen LogP contribution in [0.15, 0.2) is 36.5 Å². The molecule has 0 fully saturated rings. The Labute approximate surface area is 94.3 Å². The summed E-state index contributed by atoms with van der Waals surface area (Å²) in [5.74, 6) is 0. The van der Waals surface area contributed by atoms with Crippen LogP contribution in [-0.2, 0) is 11.3 Å². The molecule has 0 spiro atoms. The number of hydrogen-bond donors (Lipinski definition) is 1. The number of benzene rings is 1. The molecule has 0 amide bonds. The Morgan fingerprint density at radius 2 is 2.31 bits per heavy atom. The predicted molar refractivity (Wildman–Crippen MR) is 65.2 cm³/mol. The zero-order valence-corrected chi connectivity index (χ0v) is 9.26. The molecule has 0 radical (unpaired) electrons. The smallest absolute Gasteiger partial charge is 0.0687 e. The molecule has 0 aliphatic heterocycles. The van der Waals surface area contributed by atoms with Crippen LogP contribution in [0.25, 0.3) is 10.9 Å². The van der Waals surface area contributed by atoms with Gasteiger partial charge < -0.3 is 10.5 Å². The molecule has 0 bridgehead atoms. The second-order valence-electron chi connectivity index (χ2n) is 3.57. The SMILES string of the molecule is COC/C=C/Cn1ncc2cc(N)ccc21. The number of nitrogens with zero attached hydrogens (tertiary/aromatic N) is 2. The fourth-order valence-corrected chi connectivity index (χ4v) is 1.59. The number of methoxy groups -OCH3 is 1. The molecule has 0 saturated heterocycles. The number of rotatable bonds is 4. The van der Waals surface area contributed by atoms with Crippen molar-refractivity contribution in [3.63, 3.8) is 0 Å². The molecule has 4 heteroatoms. The average Bonchev–Trinajstić information content (AvgIpc) is 2.67. The zero-order chi connectivity index (χ0) is 11.4. The lowest BCUT2D eigenvalue weighted by molar-refractivity contribution is 0.233. The molecule has 0 unspecified atom stereocenters. The topological polar surface area (TPSA) is 53.1 Å². The third-order valence-electron chi connectivity index (χ3n) is 2.37. The molecular weight excluding hydrogens is 202 g/mol. The van der Waals surface area contributed by atoms with Crippen LogP contribution in [0.5, 0.6) is 0 Å². The van der Waals surface area contributed by atoms with E-state index in [4.69, 9.17) is 10.5 Å². The Morgan fingerprint density at radius 1 is 1.44 bits per heavy atom. The summed E-state index contributed by atoms with van der Waals surface area (Å²) < 4.78 is 6.86. The van der Waals surface area contributed by atoms with Gasteiger partial charge in [-0.15, -0.1) is 0 Å². The number of aromatic nitrogens is 2. The van der Waals surface area contributed by atoms with Gasteiger partial charge in [-0.1, -0.05) is 12.2 Å². The van der Waals surface area contributed by atoms with Gasteiger partial charge in [0.1, 0.15) is 0 Å². The molecule has 84 valence electrons. The monoisotopic (exact) mass is 217 g/mol.